The zero-order valence-electron chi connectivity index (χ0n) is 21.2. The van der Waals surface area contributed by atoms with Gasteiger partial charge in [-0.05, 0) is 83.8 Å². The second-order valence-corrected chi connectivity index (χ2v) is 12.1. The lowest BCUT2D eigenvalue weighted by Gasteiger charge is -2.45. The van der Waals surface area contributed by atoms with Gasteiger partial charge in [-0.2, -0.15) is 0 Å². The summed E-state index contributed by atoms with van der Waals surface area (Å²) in [5.74, 6) is 0.736. The highest BCUT2D eigenvalue weighted by Gasteiger charge is 2.53. The average molecular weight is 454 g/mol. The van der Waals surface area contributed by atoms with Crippen LogP contribution in [0.4, 0.5) is 5.69 Å². The third-order valence-corrected chi connectivity index (χ3v) is 8.80. The van der Waals surface area contributed by atoms with E-state index < -0.39 is 12.5 Å². The number of carbonyl (C=O) groups excluding carboxylic acids is 1. The molecule has 0 aromatic heterocycles. The number of nitrogens with one attached hydrogen (secondary N) is 1. The maximum atomic E-state index is 13.5. The summed E-state index contributed by atoms with van der Waals surface area (Å²) in [4.78, 5) is 15.6. The molecule has 1 aromatic rings. The van der Waals surface area contributed by atoms with E-state index in [1.165, 1.54) is 0 Å². The maximum absolute atomic E-state index is 13.5. The topological polar surface area (TPSA) is 60.0 Å². The van der Waals surface area contributed by atoms with E-state index in [-0.39, 0.29) is 23.2 Å². The van der Waals surface area contributed by atoms with Crippen LogP contribution in [0, 0.1) is 5.92 Å². The van der Waals surface area contributed by atoms with Crippen LogP contribution < -0.4 is 15.7 Å². The molecule has 180 valence electrons. The Morgan fingerprint density at radius 3 is 2.36 bits per heavy atom. The van der Waals surface area contributed by atoms with Gasteiger partial charge in [0.05, 0.1) is 23.2 Å². The van der Waals surface area contributed by atoms with E-state index in [9.17, 15) is 4.79 Å². The lowest BCUT2D eigenvalue weighted by atomic mass is 9.76. The van der Waals surface area contributed by atoms with E-state index in [1.807, 2.05) is 13.8 Å². The van der Waals surface area contributed by atoms with Gasteiger partial charge in [0.25, 0.3) is 0 Å². The van der Waals surface area contributed by atoms with Crippen molar-refractivity contribution in [3.05, 3.63) is 23.8 Å². The Morgan fingerprint density at radius 1 is 1.06 bits per heavy atom. The van der Waals surface area contributed by atoms with Crippen molar-refractivity contribution in [3.8, 4) is 0 Å². The number of amides is 1. The Kier molecular flexibility index (Phi) is 5.52. The first-order valence-corrected chi connectivity index (χ1v) is 12.6. The largest absolute Gasteiger partial charge is 0.494 e. The first-order chi connectivity index (χ1) is 15.4. The highest BCUT2D eigenvalue weighted by Crippen LogP contribution is 2.46. The number of nitrogens with zero attached hydrogens (tertiary/aromatic N) is 1. The quantitative estimate of drug-likeness (QED) is 0.709. The van der Waals surface area contributed by atoms with Crippen molar-refractivity contribution in [2.45, 2.75) is 102 Å². The molecule has 0 spiro atoms. The summed E-state index contributed by atoms with van der Waals surface area (Å²) in [6, 6.07) is 7.51. The van der Waals surface area contributed by atoms with Gasteiger partial charge in [0.15, 0.2) is 0 Å². The molecule has 0 radical (unpaired) electrons. The van der Waals surface area contributed by atoms with Crippen LogP contribution in [-0.2, 0) is 24.3 Å². The molecule has 5 rings (SSSR count). The second kappa shape index (κ2) is 7.80. The molecule has 0 unspecified atom stereocenters. The second-order valence-electron chi connectivity index (χ2n) is 12.1. The molecule has 1 aromatic carbocycles. The van der Waals surface area contributed by atoms with E-state index >= 15 is 0 Å². The average Bonchev–Trinajstić information content (AvgIpc) is 3.05. The van der Waals surface area contributed by atoms with E-state index in [0.29, 0.717) is 18.0 Å². The van der Waals surface area contributed by atoms with Crippen molar-refractivity contribution in [2.24, 2.45) is 5.92 Å². The zero-order valence-corrected chi connectivity index (χ0v) is 21.2. The SMILES string of the molecule is C[C@@H]1COCC[C@H]1N[C@H]1C[C@@H](N2C(=O)C(C)(C)c3ccc(B4OC(C)(C)C(C)(C)O4)cc32)C1. The zero-order chi connectivity index (χ0) is 23.8. The number of carbonyl (C=O) groups is 1. The lowest BCUT2D eigenvalue weighted by molar-refractivity contribution is -0.123. The number of hydrogen-bond donors (Lipinski definition) is 1. The van der Waals surface area contributed by atoms with E-state index in [1.54, 1.807) is 0 Å². The molecular weight excluding hydrogens is 415 g/mol. The van der Waals surface area contributed by atoms with Gasteiger partial charge < -0.3 is 24.3 Å². The summed E-state index contributed by atoms with van der Waals surface area (Å²) in [5, 5.41) is 3.83. The van der Waals surface area contributed by atoms with Gasteiger partial charge in [0.1, 0.15) is 0 Å². The van der Waals surface area contributed by atoms with Gasteiger partial charge in [-0.25, -0.2) is 0 Å². The molecule has 3 fully saturated rings. The fourth-order valence-corrected chi connectivity index (χ4v) is 5.66. The molecule has 0 bridgehead atoms. The Labute approximate surface area is 198 Å². The molecule has 4 aliphatic rings. The minimum atomic E-state index is -0.516. The predicted molar refractivity (Wildman–Crippen MR) is 131 cm³/mol. The smallest absolute Gasteiger partial charge is 0.399 e. The number of ether oxygens (including phenoxy) is 1. The van der Waals surface area contributed by atoms with Crippen molar-refractivity contribution >= 4 is 24.2 Å². The summed E-state index contributed by atoms with van der Waals surface area (Å²) < 4.78 is 18.2. The van der Waals surface area contributed by atoms with E-state index in [4.69, 9.17) is 14.0 Å². The van der Waals surface area contributed by atoms with Crippen molar-refractivity contribution in [2.75, 3.05) is 18.1 Å². The Balaban J connectivity index is 1.34. The molecule has 1 aliphatic carbocycles. The molecule has 6 nitrogen and oxygen atoms in total. The molecule has 3 aliphatic heterocycles. The summed E-state index contributed by atoms with van der Waals surface area (Å²) in [6.07, 6.45) is 3.05. The molecule has 7 heteroatoms. The van der Waals surface area contributed by atoms with Crippen molar-refractivity contribution in [1.82, 2.24) is 5.32 Å². The Bertz CT molecular complexity index is 924. The van der Waals surface area contributed by atoms with Gasteiger partial charge in [-0.1, -0.05) is 19.1 Å². The fourth-order valence-electron chi connectivity index (χ4n) is 5.66. The molecule has 2 saturated heterocycles. The Hall–Kier alpha value is -1.41. The van der Waals surface area contributed by atoms with Crippen molar-refractivity contribution in [3.63, 3.8) is 0 Å². The van der Waals surface area contributed by atoms with E-state index in [2.05, 4.69) is 63.0 Å². The number of anilines is 1. The first-order valence-electron chi connectivity index (χ1n) is 12.6. The highest BCUT2D eigenvalue weighted by molar-refractivity contribution is 6.62. The third-order valence-electron chi connectivity index (χ3n) is 8.80. The molecular formula is C26H39BN2O4. The molecule has 1 amide bonds. The van der Waals surface area contributed by atoms with Crippen molar-refractivity contribution in [1.29, 1.82) is 0 Å². The van der Waals surface area contributed by atoms with Gasteiger partial charge in [-0.15, -0.1) is 0 Å². The molecule has 2 atom stereocenters. The van der Waals surface area contributed by atoms with Gasteiger partial charge in [0.2, 0.25) is 5.91 Å². The van der Waals surface area contributed by atoms with Gasteiger partial charge in [-0.3, -0.25) is 4.79 Å². The lowest BCUT2D eigenvalue weighted by Crippen LogP contribution is -2.58. The summed E-state index contributed by atoms with van der Waals surface area (Å²) in [5.41, 5.74) is 1.81. The van der Waals surface area contributed by atoms with Crippen LogP contribution in [0.1, 0.15) is 73.3 Å². The normalized spacial score (nSPS) is 34.3. The third kappa shape index (κ3) is 3.76. The number of fused-ring (bicyclic) bond motifs is 1. The summed E-state index contributed by atoms with van der Waals surface area (Å²) >= 11 is 0. The van der Waals surface area contributed by atoms with Crippen LogP contribution in [-0.4, -0.2) is 55.6 Å². The van der Waals surface area contributed by atoms with Gasteiger partial charge in [0, 0.05) is 30.4 Å². The van der Waals surface area contributed by atoms with Crippen LogP contribution in [0.25, 0.3) is 0 Å². The minimum absolute atomic E-state index is 0.200. The number of rotatable bonds is 4. The molecule has 1 N–H and O–H groups in total. The van der Waals surface area contributed by atoms with Crippen LogP contribution in [0.3, 0.4) is 0 Å². The summed E-state index contributed by atoms with van der Waals surface area (Å²) in [6.45, 7) is 16.3. The first kappa shape index (κ1) is 23.3. The summed E-state index contributed by atoms with van der Waals surface area (Å²) in [7, 11) is -0.424. The predicted octanol–water partition coefficient (Wildman–Crippen LogP) is 3.16. The van der Waals surface area contributed by atoms with Crippen LogP contribution in [0.5, 0.6) is 0 Å². The Morgan fingerprint density at radius 2 is 1.73 bits per heavy atom. The van der Waals surface area contributed by atoms with Crippen LogP contribution in [0.15, 0.2) is 18.2 Å². The number of hydrogen-bond acceptors (Lipinski definition) is 5. The fraction of sp³-hybridized carbons (Fsp3) is 0.731. The minimum Gasteiger partial charge on any atom is -0.399 e. The van der Waals surface area contributed by atoms with E-state index in [0.717, 1.165) is 49.2 Å². The van der Waals surface area contributed by atoms with Crippen molar-refractivity contribution < 1.29 is 18.8 Å². The molecule has 1 saturated carbocycles. The van der Waals surface area contributed by atoms with Gasteiger partial charge >= 0.3 is 7.12 Å². The molecule has 3 heterocycles. The highest BCUT2D eigenvalue weighted by atomic mass is 16.7. The van der Waals surface area contributed by atoms with Crippen LogP contribution >= 0.6 is 0 Å². The molecule has 33 heavy (non-hydrogen) atoms. The monoisotopic (exact) mass is 454 g/mol. The maximum Gasteiger partial charge on any atom is 0.494 e. The van der Waals surface area contributed by atoms with Crippen LogP contribution in [0.2, 0.25) is 0 Å². The standard InChI is InChI=1S/C26H39BN2O4/c1-16-15-31-11-10-21(16)28-18-13-19(14-18)29-22-12-17(8-9-20(22)24(2,3)23(29)30)27-32-25(4,5)26(6,7)33-27/h8-9,12,16,18-19,21,28H,10-11,13-15H2,1-7H3/t16-,18-,19+,21-/m1/s1. The number of benzene rings is 1.